The maximum atomic E-state index is 11.8. The summed E-state index contributed by atoms with van der Waals surface area (Å²) in [6.07, 6.45) is 0. The molecule has 1 aliphatic heterocycles. The van der Waals surface area contributed by atoms with E-state index in [0.29, 0.717) is 35.8 Å². The first-order valence-corrected chi connectivity index (χ1v) is 6.22. The number of carbonyl (C=O) groups excluding carboxylic acids is 1. The number of hydrogen-bond donors (Lipinski definition) is 1. The molecular weight excluding hydrogens is 246 g/mol. The first-order chi connectivity index (χ1) is 9.15. The van der Waals surface area contributed by atoms with E-state index in [-0.39, 0.29) is 18.3 Å². The molecule has 1 aromatic carbocycles. The van der Waals surface area contributed by atoms with Crippen molar-refractivity contribution >= 4 is 11.4 Å². The van der Waals surface area contributed by atoms with E-state index >= 15 is 0 Å². The average Bonchev–Trinajstić information content (AvgIpc) is 2.69. The third kappa shape index (κ3) is 2.81. The standard InChI is InChI=1S/C14H17NO4/c1-3-17-10-5-9(6-11(7-10)18-4-2)13-12(16)8-19-14(13)15/h5-7H,3-4,8,15H2,1-2H3. The van der Waals surface area contributed by atoms with Crippen molar-refractivity contribution in [2.45, 2.75) is 13.8 Å². The van der Waals surface area contributed by atoms with Crippen LogP contribution < -0.4 is 15.2 Å². The van der Waals surface area contributed by atoms with Crippen LogP contribution in [-0.4, -0.2) is 25.6 Å². The molecular formula is C14H17NO4. The summed E-state index contributed by atoms with van der Waals surface area (Å²) in [4.78, 5) is 11.8. The van der Waals surface area contributed by atoms with Crippen molar-refractivity contribution in [1.29, 1.82) is 0 Å². The first kappa shape index (κ1) is 13.3. The number of rotatable bonds is 5. The highest BCUT2D eigenvalue weighted by Gasteiger charge is 2.25. The van der Waals surface area contributed by atoms with E-state index in [1.807, 2.05) is 13.8 Å². The molecule has 0 spiro atoms. The Hall–Kier alpha value is -2.17. The van der Waals surface area contributed by atoms with Crippen LogP contribution in [0.1, 0.15) is 19.4 Å². The largest absolute Gasteiger partial charge is 0.494 e. The van der Waals surface area contributed by atoms with Crippen LogP contribution in [-0.2, 0) is 9.53 Å². The van der Waals surface area contributed by atoms with E-state index in [4.69, 9.17) is 19.9 Å². The summed E-state index contributed by atoms with van der Waals surface area (Å²) in [5.74, 6) is 1.31. The molecule has 0 fully saturated rings. The van der Waals surface area contributed by atoms with Gasteiger partial charge in [0.2, 0.25) is 5.78 Å². The minimum atomic E-state index is -0.131. The summed E-state index contributed by atoms with van der Waals surface area (Å²) < 4.78 is 16.0. The Morgan fingerprint density at radius 2 is 1.74 bits per heavy atom. The fraction of sp³-hybridized carbons (Fsp3) is 0.357. The van der Waals surface area contributed by atoms with Gasteiger partial charge in [-0.2, -0.15) is 0 Å². The third-order valence-corrected chi connectivity index (χ3v) is 2.67. The Balaban J connectivity index is 2.44. The Kier molecular flexibility index (Phi) is 3.94. The SMILES string of the molecule is CCOc1cc(OCC)cc(C2=C(N)OCC2=O)c1. The number of hydrogen-bond acceptors (Lipinski definition) is 5. The van der Waals surface area contributed by atoms with Crippen LogP contribution in [0.15, 0.2) is 24.1 Å². The lowest BCUT2D eigenvalue weighted by atomic mass is 10.0. The van der Waals surface area contributed by atoms with Crippen LogP contribution in [0.3, 0.4) is 0 Å². The van der Waals surface area contributed by atoms with Gasteiger partial charge in [0, 0.05) is 6.07 Å². The number of ether oxygens (including phenoxy) is 3. The monoisotopic (exact) mass is 263 g/mol. The molecule has 2 rings (SSSR count). The van der Waals surface area contributed by atoms with E-state index < -0.39 is 0 Å². The van der Waals surface area contributed by atoms with Gasteiger partial charge in [-0.1, -0.05) is 0 Å². The van der Waals surface area contributed by atoms with Crippen LogP contribution >= 0.6 is 0 Å². The van der Waals surface area contributed by atoms with Crippen LogP contribution in [0, 0.1) is 0 Å². The van der Waals surface area contributed by atoms with Gasteiger partial charge in [0.05, 0.1) is 18.8 Å². The number of benzene rings is 1. The third-order valence-electron chi connectivity index (χ3n) is 2.67. The van der Waals surface area contributed by atoms with Crippen molar-refractivity contribution in [3.63, 3.8) is 0 Å². The van der Waals surface area contributed by atoms with Crippen molar-refractivity contribution in [3.05, 3.63) is 29.6 Å². The van der Waals surface area contributed by atoms with Crippen molar-refractivity contribution in [3.8, 4) is 11.5 Å². The van der Waals surface area contributed by atoms with Crippen LogP contribution in [0.5, 0.6) is 11.5 Å². The number of Topliss-reactive ketones (excluding diaryl/α,β-unsaturated/α-hetero) is 1. The van der Waals surface area contributed by atoms with Crippen molar-refractivity contribution in [2.24, 2.45) is 5.73 Å². The highest BCUT2D eigenvalue weighted by atomic mass is 16.5. The maximum Gasteiger partial charge on any atom is 0.206 e. The number of nitrogens with two attached hydrogens (primary N) is 1. The molecule has 2 N–H and O–H groups in total. The molecule has 0 atom stereocenters. The Morgan fingerprint density at radius 3 is 2.16 bits per heavy atom. The highest BCUT2D eigenvalue weighted by Crippen LogP contribution is 2.31. The van der Waals surface area contributed by atoms with Gasteiger partial charge >= 0.3 is 0 Å². The Morgan fingerprint density at radius 1 is 1.16 bits per heavy atom. The summed E-state index contributed by atoms with van der Waals surface area (Å²) in [7, 11) is 0. The van der Waals surface area contributed by atoms with Crippen LogP contribution in [0.2, 0.25) is 0 Å². The van der Waals surface area contributed by atoms with Gasteiger partial charge in [0.1, 0.15) is 11.5 Å². The number of carbonyl (C=O) groups is 1. The molecule has 0 unspecified atom stereocenters. The molecule has 0 aliphatic carbocycles. The lowest BCUT2D eigenvalue weighted by Gasteiger charge is -2.10. The number of ketones is 1. The Bertz CT molecular complexity index is 498. The summed E-state index contributed by atoms with van der Waals surface area (Å²) >= 11 is 0. The lowest BCUT2D eigenvalue weighted by Crippen LogP contribution is -2.03. The normalized spacial score (nSPS) is 14.5. The molecule has 1 aromatic rings. The fourth-order valence-electron chi connectivity index (χ4n) is 1.94. The quantitative estimate of drug-likeness (QED) is 0.875. The molecule has 0 saturated heterocycles. The summed E-state index contributed by atoms with van der Waals surface area (Å²) in [6.45, 7) is 4.85. The molecule has 1 aliphatic rings. The Labute approximate surface area is 111 Å². The van der Waals surface area contributed by atoms with Gasteiger partial charge in [-0.05, 0) is 31.5 Å². The van der Waals surface area contributed by atoms with Crippen LogP contribution in [0.25, 0.3) is 5.57 Å². The summed E-state index contributed by atoms with van der Waals surface area (Å²) in [6, 6.07) is 5.31. The fourth-order valence-corrected chi connectivity index (χ4v) is 1.94. The van der Waals surface area contributed by atoms with Gasteiger partial charge in [-0.25, -0.2) is 0 Å². The van der Waals surface area contributed by atoms with Crippen LogP contribution in [0.4, 0.5) is 0 Å². The zero-order valence-corrected chi connectivity index (χ0v) is 11.1. The van der Waals surface area contributed by atoms with E-state index in [9.17, 15) is 4.79 Å². The maximum absolute atomic E-state index is 11.8. The summed E-state index contributed by atoms with van der Waals surface area (Å²) in [5.41, 5.74) is 6.76. The van der Waals surface area contributed by atoms with Gasteiger partial charge in [-0.15, -0.1) is 0 Å². The molecule has 0 amide bonds. The van der Waals surface area contributed by atoms with Gasteiger partial charge in [-0.3, -0.25) is 4.79 Å². The molecule has 5 heteroatoms. The van der Waals surface area contributed by atoms with Crippen molar-refractivity contribution in [2.75, 3.05) is 19.8 Å². The second-order valence-corrected chi connectivity index (χ2v) is 4.01. The van der Waals surface area contributed by atoms with Gasteiger partial charge < -0.3 is 19.9 Å². The zero-order valence-electron chi connectivity index (χ0n) is 11.1. The molecule has 0 aromatic heterocycles. The summed E-state index contributed by atoms with van der Waals surface area (Å²) in [5, 5.41) is 0. The average molecular weight is 263 g/mol. The highest BCUT2D eigenvalue weighted by molar-refractivity contribution is 6.23. The second kappa shape index (κ2) is 5.65. The predicted octanol–water partition coefficient (Wildman–Crippen LogP) is 1.71. The minimum Gasteiger partial charge on any atom is -0.494 e. The molecule has 1 heterocycles. The molecule has 0 radical (unpaired) electrons. The molecule has 0 bridgehead atoms. The minimum absolute atomic E-state index is 0.00992. The lowest BCUT2D eigenvalue weighted by molar-refractivity contribution is -0.115. The topological polar surface area (TPSA) is 70.8 Å². The zero-order chi connectivity index (χ0) is 13.8. The van der Waals surface area contributed by atoms with E-state index in [1.165, 1.54) is 0 Å². The van der Waals surface area contributed by atoms with Gasteiger partial charge in [0.15, 0.2) is 12.5 Å². The van der Waals surface area contributed by atoms with E-state index in [2.05, 4.69) is 0 Å². The molecule has 102 valence electrons. The van der Waals surface area contributed by atoms with Crippen molar-refractivity contribution in [1.82, 2.24) is 0 Å². The predicted molar refractivity (Wildman–Crippen MR) is 70.8 cm³/mol. The van der Waals surface area contributed by atoms with Gasteiger partial charge in [0.25, 0.3) is 0 Å². The first-order valence-electron chi connectivity index (χ1n) is 6.22. The molecule has 5 nitrogen and oxygen atoms in total. The second-order valence-electron chi connectivity index (χ2n) is 4.01. The van der Waals surface area contributed by atoms with E-state index in [0.717, 1.165) is 0 Å². The molecule has 19 heavy (non-hydrogen) atoms. The van der Waals surface area contributed by atoms with E-state index in [1.54, 1.807) is 18.2 Å². The molecule has 0 saturated carbocycles. The smallest absolute Gasteiger partial charge is 0.206 e. The van der Waals surface area contributed by atoms with Crippen molar-refractivity contribution < 1.29 is 19.0 Å².